The Bertz CT molecular complexity index is 1010. The molecule has 4 nitrogen and oxygen atoms in total. The predicted molar refractivity (Wildman–Crippen MR) is 115 cm³/mol. The number of hydrogen-bond donors (Lipinski definition) is 0. The molecule has 6 heteroatoms. The summed E-state index contributed by atoms with van der Waals surface area (Å²) in [4.78, 5) is 12.0. The van der Waals surface area contributed by atoms with Crippen LogP contribution in [0.15, 0.2) is 72.8 Å². The third-order valence-electron chi connectivity index (χ3n) is 3.95. The molecule has 3 aromatic rings. The number of hydrogen-bond acceptors (Lipinski definition) is 4. The summed E-state index contributed by atoms with van der Waals surface area (Å²) in [7, 11) is 1.56. The molecule has 0 spiro atoms. The highest BCUT2D eigenvalue weighted by Crippen LogP contribution is 2.29. The molecule has 0 aromatic heterocycles. The molecule has 3 rings (SSSR count). The van der Waals surface area contributed by atoms with Crippen molar-refractivity contribution in [3.05, 3.63) is 94.0 Å². The first-order valence-corrected chi connectivity index (χ1v) is 9.50. The Morgan fingerprint density at radius 2 is 1.69 bits per heavy atom. The first-order valence-electron chi connectivity index (χ1n) is 8.75. The van der Waals surface area contributed by atoms with Gasteiger partial charge in [0, 0.05) is 11.1 Å². The molecule has 0 radical (unpaired) electrons. The van der Waals surface area contributed by atoms with Crippen molar-refractivity contribution in [2.75, 3.05) is 7.11 Å². The lowest BCUT2D eigenvalue weighted by molar-refractivity contribution is -0.128. The standard InChI is InChI=1S/C23H18Cl2O4/c1-27-22-14-16(9-13-23(26)29-20-5-3-2-4-19(20)25)8-12-21(22)28-15-17-6-10-18(24)11-7-17/h2-14H,15H2,1H3/b13-9+. The van der Waals surface area contributed by atoms with E-state index in [-0.39, 0.29) is 0 Å². The Morgan fingerprint density at radius 3 is 2.41 bits per heavy atom. The van der Waals surface area contributed by atoms with E-state index in [2.05, 4.69) is 0 Å². The zero-order valence-electron chi connectivity index (χ0n) is 15.6. The van der Waals surface area contributed by atoms with Crippen LogP contribution in [-0.2, 0) is 11.4 Å². The van der Waals surface area contributed by atoms with E-state index in [0.717, 1.165) is 11.1 Å². The highest BCUT2D eigenvalue weighted by molar-refractivity contribution is 6.32. The number of para-hydroxylation sites is 1. The molecule has 148 valence electrons. The Kier molecular flexibility index (Phi) is 7.17. The number of carbonyl (C=O) groups excluding carboxylic acids is 1. The van der Waals surface area contributed by atoms with Crippen LogP contribution >= 0.6 is 23.2 Å². The minimum Gasteiger partial charge on any atom is -0.493 e. The molecule has 0 aliphatic carbocycles. The van der Waals surface area contributed by atoms with Gasteiger partial charge in [-0.3, -0.25) is 0 Å². The highest BCUT2D eigenvalue weighted by Gasteiger charge is 2.07. The van der Waals surface area contributed by atoms with Crippen molar-refractivity contribution in [3.63, 3.8) is 0 Å². The van der Waals surface area contributed by atoms with Gasteiger partial charge >= 0.3 is 5.97 Å². The predicted octanol–water partition coefficient (Wildman–Crippen LogP) is 6.20. The summed E-state index contributed by atoms with van der Waals surface area (Å²) >= 11 is 11.9. The van der Waals surface area contributed by atoms with E-state index in [1.54, 1.807) is 49.6 Å². The molecule has 0 N–H and O–H groups in total. The second-order valence-corrected chi connectivity index (χ2v) is 6.85. The maximum atomic E-state index is 12.0. The van der Waals surface area contributed by atoms with E-state index in [1.807, 2.05) is 30.3 Å². The summed E-state index contributed by atoms with van der Waals surface area (Å²) in [5, 5.41) is 1.05. The monoisotopic (exact) mass is 428 g/mol. The molecule has 0 fully saturated rings. The lowest BCUT2D eigenvalue weighted by Crippen LogP contribution is -2.03. The highest BCUT2D eigenvalue weighted by atomic mass is 35.5. The Morgan fingerprint density at radius 1 is 0.931 bits per heavy atom. The van der Waals surface area contributed by atoms with E-state index in [4.69, 9.17) is 37.4 Å². The van der Waals surface area contributed by atoms with Gasteiger partial charge in [-0.15, -0.1) is 0 Å². The molecule has 0 saturated carbocycles. The first kappa shape index (κ1) is 20.8. The van der Waals surface area contributed by atoms with E-state index in [1.165, 1.54) is 6.08 Å². The van der Waals surface area contributed by atoms with E-state index < -0.39 is 5.97 Å². The van der Waals surface area contributed by atoms with Gasteiger partial charge in [-0.1, -0.05) is 53.5 Å². The zero-order chi connectivity index (χ0) is 20.6. The van der Waals surface area contributed by atoms with Crippen molar-refractivity contribution < 1.29 is 19.0 Å². The molecule has 0 amide bonds. The maximum absolute atomic E-state index is 12.0. The fourth-order valence-corrected chi connectivity index (χ4v) is 2.78. The Balaban J connectivity index is 1.64. The molecule has 0 unspecified atom stereocenters. The van der Waals surface area contributed by atoms with Crippen LogP contribution in [0.25, 0.3) is 6.08 Å². The van der Waals surface area contributed by atoms with Crippen molar-refractivity contribution in [2.24, 2.45) is 0 Å². The molecule has 29 heavy (non-hydrogen) atoms. The van der Waals surface area contributed by atoms with Crippen molar-refractivity contribution in [2.45, 2.75) is 6.61 Å². The van der Waals surface area contributed by atoms with Crippen LogP contribution in [0.1, 0.15) is 11.1 Å². The van der Waals surface area contributed by atoms with Crippen LogP contribution in [0.3, 0.4) is 0 Å². The molecule has 3 aromatic carbocycles. The van der Waals surface area contributed by atoms with Gasteiger partial charge in [0.15, 0.2) is 11.5 Å². The Hall–Kier alpha value is -2.95. The zero-order valence-corrected chi connectivity index (χ0v) is 17.1. The molecule has 0 heterocycles. The van der Waals surface area contributed by atoms with Gasteiger partial charge in [-0.05, 0) is 53.6 Å². The SMILES string of the molecule is COc1cc(/C=C/C(=O)Oc2ccccc2Cl)ccc1OCc1ccc(Cl)cc1. The first-order chi connectivity index (χ1) is 14.0. The summed E-state index contributed by atoms with van der Waals surface area (Å²) < 4.78 is 16.4. The molecule has 0 aliphatic rings. The number of benzene rings is 3. The van der Waals surface area contributed by atoms with Crippen LogP contribution < -0.4 is 14.2 Å². The molecular weight excluding hydrogens is 411 g/mol. The average Bonchev–Trinajstić information content (AvgIpc) is 2.74. The number of halogens is 2. The number of methoxy groups -OCH3 is 1. The van der Waals surface area contributed by atoms with Crippen molar-refractivity contribution in [1.29, 1.82) is 0 Å². The molecular formula is C23H18Cl2O4. The van der Waals surface area contributed by atoms with Gasteiger partial charge in [0.2, 0.25) is 0 Å². The lowest BCUT2D eigenvalue weighted by atomic mass is 10.2. The summed E-state index contributed by atoms with van der Waals surface area (Å²) in [6, 6.07) is 19.6. The van der Waals surface area contributed by atoms with Gasteiger partial charge in [0.1, 0.15) is 12.4 Å². The second kappa shape index (κ2) is 10.0. The topological polar surface area (TPSA) is 44.8 Å². The van der Waals surface area contributed by atoms with Gasteiger partial charge < -0.3 is 14.2 Å². The van der Waals surface area contributed by atoms with Crippen LogP contribution in [0.5, 0.6) is 17.2 Å². The third kappa shape index (κ3) is 6.01. The lowest BCUT2D eigenvalue weighted by Gasteiger charge is -2.11. The molecule has 0 atom stereocenters. The largest absolute Gasteiger partial charge is 0.493 e. The van der Waals surface area contributed by atoms with Crippen LogP contribution in [0, 0.1) is 0 Å². The molecule has 0 bridgehead atoms. The van der Waals surface area contributed by atoms with Crippen LogP contribution in [0.2, 0.25) is 10.0 Å². The van der Waals surface area contributed by atoms with Gasteiger partial charge in [-0.25, -0.2) is 4.79 Å². The van der Waals surface area contributed by atoms with Gasteiger partial charge in [0.05, 0.1) is 12.1 Å². The van der Waals surface area contributed by atoms with E-state index in [9.17, 15) is 4.79 Å². The summed E-state index contributed by atoms with van der Waals surface area (Å²) in [5.41, 5.74) is 1.75. The Labute approximate surface area is 179 Å². The molecule has 0 aliphatic heterocycles. The van der Waals surface area contributed by atoms with Gasteiger partial charge in [-0.2, -0.15) is 0 Å². The van der Waals surface area contributed by atoms with Crippen molar-refractivity contribution in [3.8, 4) is 17.2 Å². The third-order valence-corrected chi connectivity index (χ3v) is 4.52. The van der Waals surface area contributed by atoms with Crippen LogP contribution in [0.4, 0.5) is 0 Å². The van der Waals surface area contributed by atoms with E-state index >= 15 is 0 Å². The normalized spacial score (nSPS) is 10.7. The fraction of sp³-hybridized carbons (Fsp3) is 0.0870. The van der Waals surface area contributed by atoms with E-state index in [0.29, 0.717) is 33.9 Å². The average molecular weight is 429 g/mol. The smallest absolute Gasteiger partial charge is 0.336 e. The maximum Gasteiger partial charge on any atom is 0.336 e. The minimum absolute atomic E-state index is 0.312. The summed E-state index contributed by atoms with van der Waals surface area (Å²) in [5.74, 6) is 0.936. The van der Waals surface area contributed by atoms with Crippen molar-refractivity contribution >= 4 is 35.2 Å². The fourth-order valence-electron chi connectivity index (χ4n) is 2.48. The number of esters is 1. The number of carbonyl (C=O) groups is 1. The molecule has 0 saturated heterocycles. The second-order valence-electron chi connectivity index (χ2n) is 6.01. The quantitative estimate of drug-likeness (QED) is 0.255. The van der Waals surface area contributed by atoms with Crippen LogP contribution in [-0.4, -0.2) is 13.1 Å². The van der Waals surface area contributed by atoms with Crippen molar-refractivity contribution in [1.82, 2.24) is 0 Å². The van der Waals surface area contributed by atoms with Gasteiger partial charge in [0.25, 0.3) is 0 Å². The summed E-state index contributed by atoms with van der Waals surface area (Å²) in [6.07, 6.45) is 2.96. The number of rotatable bonds is 7. The summed E-state index contributed by atoms with van der Waals surface area (Å²) in [6.45, 7) is 0.382. The minimum atomic E-state index is -0.528. The number of ether oxygens (including phenoxy) is 3.